The molecule has 0 amide bonds. The van der Waals surface area contributed by atoms with Crippen molar-refractivity contribution < 1.29 is 4.42 Å². The number of anilines is 1. The predicted octanol–water partition coefficient (Wildman–Crippen LogP) is 2.00. The van der Waals surface area contributed by atoms with Crippen LogP contribution in [0.5, 0.6) is 0 Å². The van der Waals surface area contributed by atoms with Gasteiger partial charge in [0.2, 0.25) is 5.95 Å². The van der Waals surface area contributed by atoms with Gasteiger partial charge in [0.15, 0.2) is 16.3 Å². The zero-order chi connectivity index (χ0) is 13.2. The van der Waals surface area contributed by atoms with Gasteiger partial charge in [0, 0.05) is 13.1 Å². The molecule has 3 rings (SSSR count). The van der Waals surface area contributed by atoms with Crippen molar-refractivity contribution in [1.29, 1.82) is 0 Å². The number of piperidine rings is 1. The zero-order valence-electron chi connectivity index (χ0n) is 10.5. The summed E-state index contributed by atoms with van der Waals surface area (Å²) in [6.45, 7) is 2.69. The molecule has 6 nitrogen and oxygen atoms in total. The van der Waals surface area contributed by atoms with E-state index in [0.29, 0.717) is 22.2 Å². The summed E-state index contributed by atoms with van der Waals surface area (Å²) >= 11 is 3.28. The number of hydrogen-bond donors (Lipinski definition) is 2. The number of H-pyrrole nitrogens is 1. The van der Waals surface area contributed by atoms with Gasteiger partial charge in [-0.3, -0.25) is 5.10 Å². The fourth-order valence-corrected chi connectivity index (χ4v) is 2.62. The molecule has 0 aromatic carbocycles. The first kappa shape index (κ1) is 12.7. The quantitative estimate of drug-likeness (QED) is 0.901. The Bertz CT molecular complexity index is 544. The van der Waals surface area contributed by atoms with Crippen molar-refractivity contribution in [3.63, 3.8) is 0 Å². The highest BCUT2D eigenvalue weighted by molar-refractivity contribution is 9.10. The molecule has 19 heavy (non-hydrogen) atoms. The Labute approximate surface area is 119 Å². The summed E-state index contributed by atoms with van der Waals surface area (Å²) in [5, 5.41) is 7.18. The maximum atomic E-state index is 5.70. The van der Waals surface area contributed by atoms with Crippen LogP contribution in [-0.2, 0) is 0 Å². The standard InChI is InChI=1S/C12H16BrN5O/c13-10-2-1-9(19-10)11-15-12(17-16-11)18-5-3-8(7-14)4-6-18/h1-2,8H,3-7,14H2,(H,15,16,17). The van der Waals surface area contributed by atoms with E-state index in [2.05, 4.69) is 36.0 Å². The Morgan fingerprint density at radius 3 is 2.84 bits per heavy atom. The number of hydrogen-bond acceptors (Lipinski definition) is 5. The molecule has 0 atom stereocenters. The van der Waals surface area contributed by atoms with Crippen LogP contribution in [0.2, 0.25) is 0 Å². The summed E-state index contributed by atoms with van der Waals surface area (Å²) in [5.74, 6) is 2.71. The lowest BCUT2D eigenvalue weighted by molar-refractivity contribution is 0.411. The Morgan fingerprint density at radius 2 is 2.21 bits per heavy atom. The Morgan fingerprint density at radius 1 is 1.42 bits per heavy atom. The first-order chi connectivity index (χ1) is 9.26. The molecule has 0 radical (unpaired) electrons. The molecule has 0 saturated carbocycles. The molecule has 0 spiro atoms. The number of nitrogens with one attached hydrogen (secondary N) is 1. The minimum Gasteiger partial charge on any atom is -0.446 e. The number of aromatic amines is 1. The molecule has 1 aliphatic heterocycles. The molecule has 3 heterocycles. The summed E-state index contributed by atoms with van der Waals surface area (Å²) in [6.07, 6.45) is 2.21. The summed E-state index contributed by atoms with van der Waals surface area (Å²) < 4.78 is 6.14. The van der Waals surface area contributed by atoms with Crippen LogP contribution < -0.4 is 10.6 Å². The average molecular weight is 326 g/mol. The fourth-order valence-electron chi connectivity index (χ4n) is 2.31. The molecule has 2 aromatic heterocycles. The lowest BCUT2D eigenvalue weighted by atomic mass is 9.97. The van der Waals surface area contributed by atoms with Gasteiger partial charge in [-0.05, 0) is 53.4 Å². The summed E-state index contributed by atoms with van der Waals surface area (Å²) in [5.41, 5.74) is 5.70. The van der Waals surface area contributed by atoms with Crippen LogP contribution in [0.4, 0.5) is 5.95 Å². The fraction of sp³-hybridized carbons (Fsp3) is 0.500. The maximum absolute atomic E-state index is 5.70. The van der Waals surface area contributed by atoms with Gasteiger partial charge in [-0.2, -0.15) is 4.98 Å². The molecule has 1 saturated heterocycles. The smallest absolute Gasteiger partial charge is 0.245 e. The highest BCUT2D eigenvalue weighted by Gasteiger charge is 2.21. The van der Waals surface area contributed by atoms with Crippen molar-refractivity contribution in [3.05, 3.63) is 16.8 Å². The molecule has 1 fully saturated rings. The van der Waals surface area contributed by atoms with Crippen LogP contribution in [0.15, 0.2) is 21.2 Å². The zero-order valence-corrected chi connectivity index (χ0v) is 12.1. The number of nitrogens with two attached hydrogens (primary N) is 1. The lowest BCUT2D eigenvalue weighted by Gasteiger charge is -2.30. The van der Waals surface area contributed by atoms with Crippen LogP contribution in [0, 0.1) is 5.92 Å². The Balaban J connectivity index is 1.72. The van der Waals surface area contributed by atoms with Crippen LogP contribution in [0.25, 0.3) is 11.6 Å². The number of furan rings is 1. The number of nitrogens with zero attached hydrogens (tertiary/aromatic N) is 3. The molecule has 7 heteroatoms. The second-order valence-corrected chi connectivity index (χ2v) is 5.54. The third kappa shape index (κ3) is 2.66. The largest absolute Gasteiger partial charge is 0.446 e. The van der Waals surface area contributed by atoms with Gasteiger partial charge in [0.25, 0.3) is 0 Å². The first-order valence-electron chi connectivity index (χ1n) is 6.39. The van der Waals surface area contributed by atoms with E-state index < -0.39 is 0 Å². The van der Waals surface area contributed by atoms with Crippen LogP contribution in [0.3, 0.4) is 0 Å². The monoisotopic (exact) mass is 325 g/mol. The minimum atomic E-state index is 0.635. The van der Waals surface area contributed by atoms with Crippen molar-refractivity contribution in [2.75, 3.05) is 24.5 Å². The van der Waals surface area contributed by atoms with Crippen LogP contribution >= 0.6 is 15.9 Å². The van der Waals surface area contributed by atoms with Gasteiger partial charge >= 0.3 is 0 Å². The van der Waals surface area contributed by atoms with E-state index in [-0.39, 0.29) is 0 Å². The topological polar surface area (TPSA) is 84.0 Å². The van der Waals surface area contributed by atoms with Gasteiger partial charge < -0.3 is 15.1 Å². The predicted molar refractivity (Wildman–Crippen MR) is 75.8 cm³/mol. The molecule has 3 N–H and O–H groups in total. The minimum absolute atomic E-state index is 0.635. The lowest BCUT2D eigenvalue weighted by Crippen LogP contribution is -2.36. The van der Waals surface area contributed by atoms with Crippen molar-refractivity contribution in [2.45, 2.75) is 12.8 Å². The molecule has 1 aliphatic rings. The third-order valence-electron chi connectivity index (χ3n) is 3.51. The Hall–Kier alpha value is -1.34. The summed E-state index contributed by atoms with van der Waals surface area (Å²) in [6, 6.07) is 3.69. The van der Waals surface area contributed by atoms with Gasteiger partial charge in [-0.25, -0.2) is 0 Å². The first-order valence-corrected chi connectivity index (χ1v) is 7.18. The highest BCUT2D eigenvalue weighted by atomic mass is 79.9. The van der Waals surface area contributed by atoms with Crippen molar-refractivity contribution in [1.82, 2.24) is 15.2 Å². The Kier molecular flexibility index (Phi) is 3.56. The summed E-state index contributed by atoms with van der Waals surface area (Å²) in [7, 11) is 0. The van der Waals surface area contributed by atoms with Gasteiger partial charge in [0.05, 0.1) is 0 Å². The van der Waals surface area contributed by atoms with Crippen molar-refractivity contribution in [2.24, 2.45) is 11.7 Å². The SMILES string of the molecule is NCC1CCN(c2n[nH]c(-c3ccc(Br)o3)n2)CC1. The van der Waals surface area contributed by atoms with E-state index in [1.165, 1.54) is 0 Å². The number of rotatable bonds is 3. The van der Waals surface area contributed by atoms with E-state index >= 15 is 0 Å². The molecule has 0 unspecified atom stereocenters. The average Bonchev–Trinajstić information content (AvgIpc) is 3.07. The molecular weight excluding hydrogens is 310 g/mol. The van der Waals surface area contributed by atoms with Gasteiger partial charge in [0.1, 0.15) is 0 Å². The van der Waals surface area contributed by atoms with E-state index in [4.69, 9.17) is 10.2 Å². The second-order valence-electron chi connectivity index (χ2n) is 4.75. The van der Waals surface area contributed by atoms with Crippen LogP contribution in [-0.4, -0.2) is 34.8 Å². The van der Waals surface area contributed by atoms with Gasteiger partial charge in [-0.15, -0.1) is 5.10 Å². The van der Waals surface area contributed by atoms with Crippen LogP contribution in [0.1, 0.15) is 12.8 Å². The van der Waals surface area contributed by atoms with Gasteiger partial charge in [-0.1, -0.05) is 0 Å². The maximum Gasteiger partial charge on any atom is 0.245 e. The van der Waals surface area contributed by atoms with E-state index in [0.717, 1.165) is 38.4 Å². The summed E-state index contributed by atoms with van der Waals surface area (Å²) in [4.78, 5) is 6.67. The molecular formula is C12H16BrN5O. The second kappa shape index (κ2) is 5.34. The molecule has 102 valence electrons. The van der Waals surface area contributed by atoms with E-state index in [1.807, 2.05) is 12.1 Å². The van der Waals surface area contributed by atoms with Crippen molar-refractivity contribution >= 4 is 21.9 Å². The third-order valence-corrected chi connectivity index (χ3v) is 3.94. The number of aromatic nitrogens is 3. The normalized spacial score (nSPS) is 17.1. The number of halogens is 1. The highest BCUT2D eigenvalue weighted by Crippen LogP contribution is 2.25. The molecule has 0 bridgehead atoms. The van der Waals surface area contributed by atoms with E-state index in [1.54, 1.807) is 0 Å². The van der Waals surface area contributed by atoms with Crippen molar-refractivity contribution in [3.8, 4) is 11.6 Å². The molecule has 2 aromatic rings. The van der Waals surface area contributed by atoms with E-state index in [9.17, 15) is 0 Å². The molecule has 0 aliphatic carbocycles.